The van der Waals surface area contributed by atoms with Gasteiger partial charge < -0.3 is 0 Å². The molecule has 1 fully saturated rings. The molecular weight excluding hydrogens is 254 g/mol. The molecule has 6 nitrogen and oxygen atoms in total. The number of nitrogens with one attached hydrogen (secondary N) is 1. The first-order valence-electron chi connectivity index (χ1n) is 5.99. The highest BCUT2D eigenvalue weighted by Gasteiger charge is 2.34. The number of nitrogens with zero attached hydrogens (tertiary/aromatic N) is 2. The lowest BCUT2D eigenvalue weighted by Crippen LogP contribution is -2.43. The number of sulfonamides is 1. The Bertz CT molecular complexity index is 550. The zero-order valence-corrected chi connectivity index (χ0v) is 11.3. The minimum Gasteiger partial charge on any atom is -0.299 e. The van der Waals surface area contributed by atoms with Crippen LogP contribution in [0.4, 0.5) is 0 Å². The molecule has 1 unspecified atom stereocenters. The average molecular weight is 271 g/mol. The maximum absolute atomic E-state index is 12.4. The molecule has 18 heavy (non-hydrogen) atoms. The Morgan fingerprint density at radius 2 is 2.28 bits per heavy atom. The van der Waals surface area contributed by atoms with Crippen LogP contribution < -0.4 is 0 Å². The fourth-order valence-electron chi connectivity index (χ4n) is 2.19. The molecule has 0 aliphatic carbocycles. The molecule has 0 radical (unpaired) electrons. The number of hydrogen-bond donors (Lipinski definition) is 1. The number of aryl methyl sites for hydroxylation is 1. The first-order valence-corrected chi connectivity index (χ1v) is 7.43. The van der Waals surface area contributed by atoms with Crippen molar-refractivity contribution < 1.29 is 13.2 Å². The van der Waals surface area contributed by atoms with Crippen molar-refractivity contribution in [2.45, 2.75) is 31.6 Å². The van der Waals surface area contributed by atoms with Crippen LogP contribution in [0.2, 0.25) is 0 Å². The van der Waals surface area contributed by atoms with Crippen molar-refractivity contribution in [3.05, 3.63) is 11.9 Å². The van der Waals surface area contributed by atoms with E-state index in [0.717, 1.165) is 0 Å². The van der Waals surface area contributed by atoms with Gasteiger partial charge in [-0.1, -0.05) is 6.92 Å². The van der Waals surface area contributed by atoms with Gasteiger partial charge in [-0.2, -0.15) is 9.40 Å². The highest BCUT2D eigenvalue weighted by Crippen LogP contribution is 2.24. The quantitative estimate of drug-likeness (QED) is 0.877. The number of aromatic amines is 1. The molecule has 1 N–H and O–H groups in total. The van der Waals surface area contributed by atoms with E-state index >= 15 is 0 Å². The Labute approximate surface area is 106 Å². The molecule has 2 heterocycles. The number of carbonyl (C=O) groups excluding carboxylic acids is 1. The van der Waals surface area contributed by atoms with E-state index in [4.69, 9.17) is 0 Å². The van der Waals surface area contributed by atoms with Crippen molar-refractivity contribution in [3.63, 3.8) is 0 Å². The van der Waals surface area contributed by atoms with Crippen molar-refractivity contribution >= 4 is 15.8 Å². The van der Waals surface area contributed by atoms with Gasteiger partial charge in [-0.25, -0.2) is 8.42 Å². The first kappa shape index (κ1) is 13.2. The van der Waals surface area contributed by atoms with Crippen LogP contribution in [-0.4, -0.2) is 41.8 Å². The Balaban J connectivity index is 2.27. The monoisotopic (exact) mass is 271 g/mol. The number of piperidine rings is 1. The van der Waals surface area contributed by atoms with Crippen LogP contribution in [0, 0.1) is 12.8 Å². The van der Waals surface area contributed by atoms with Gasteiger partial charge in [0.2, 0.25) is 10.0 Å². The van der Waals surface area contributed by atoms with Crippen molar-refractivity contribution in [1.82, 2.24) is 14.5 Å². The second-order valence-electron chi connectivity index (χ2n) is 4.54. The fourth-order valence-corrected chi connectivity index (χ4v) is 3.80. The van der Waals surface area contributed by atoms with Gasteiger partial charge in [-0.3, -0.25) is 9.89 Å². The second kappa shape index (κ2) is 4.81. The maximum atomic E-state index is 12.4. The predicted molar refractivity (Wildman–Crippen MR) is 65.5 cm³/mol. The van der Waals surface area contributed by atoms with Gasteiger partial charge >= 0.3 is 0 Å². The van der Waals surface area contributed by atoms with Gasteiger partial charge in [0, 0.05) is 25.4 Å². The summed E-state index contributed by atoms with van der Waals surface area (Å²) >= 11 is 0. The van der Waals surface area contributed by atoms with E-state index in [0.29, 0.717) is 18.5 Å². The van der Waals surface area contributed by atoms with E-state index in [2.05, 4.69) is 10.2 Å². The van der Waals surface area contributed by atoms with Gasteiger partial charge in [0.1, 0.15) is 10.7 Å². The average Bonchev–Trinajstić information content (AvgIpc) is 2.76. The lowest BCUT2D eigenvalue weighted by molar-refractivity contribution is -0.125. The second-order valence-corrected chi connectivity index (χ2v) is 6.45. The lowest BCUT2D eigenvalue weighted by Gasteiger charge is -2.30. The van der Waals surface area contributed by atoms with E-state index in [-0.39, 0.29) is 29.7 Å². The van der Waals surface area contributed by atoms with E-state index < -0.39 is 10.0 Å². The zero-order valence-electron chi connectivity index (χ0n) is 10.5. The van der Waals surface area contributed by atoms with Crippen molar-refractivity contribution in [2.75, 3.05) is 13.1 Å². The van der Waals surface area contributed by atoms with Crippen LogP contribution in [0.25, 0.3) is 0 Å². The molecule has 0 amide bonds. The minimum absolute atomic E-state index is 0.160. The summed E-state index contributed by atoms with van der Waals surface area (Å²) in [4.78, 5) is 11.8. The summed E-state index contributed by atoms with van der Waals surface area (Å²) in [6.45, 7) is 4.12. The van der Waals surface area contributed by atoms with E-state index in [1.807, 2.05) is 6.92 Å². The molecule has 0 spiro atoms. The third-order valence-corrected chi connectivity index (χ3v) is 5.36. The SMILES string of the molecule is CCC1CN(S(=O)(=O)c2cn[nH]c2C)CCC1=O. The number of aromatic nitrogens is 2. The molecule has 0 aromatic carbocycles. The van der Waals surface area contributed by atoms with Crippen LogP contribution >= 0.6 is 0 Å². The summed E-state index contributed by atoms with van der Waals surface area (Å²) < 4.78 is 26.2. The summed E-state index contributed by atoms with van der Waals surface area (Å²) in [6.07, 6.45) is 2.30. The Hall–Kier alpha value is -1.21. The van der Waals surface area contributed by atoms with Crippen LogP contribution in [-0.2, 0) is 14.8 Å². The van der Waals surface area contributed by atoms with Crippen molar-refractivity contribution in [3.8, 4) is 0 Å². The van der Waals surface area contributed by atoms with Crippen LogP contribution in [0.3, 0.4) is 0 Å². The van der Waals surface area contributed by atoms with Crippen molar-refractivity contribution in [1.29, 1.82) is 0 Å². The summed E-state index contributed by atoms with van der Waals surface area (Å²) in [6, 6.07) is 0. The molecule has 1 aliphatic rings. The molecule has 2 rings (SSSR count). The maximum Gasteiger partial charge on any atom is 0.246 e. The number of ketones is 1. The molecule has 0 bridgehead atoms. The van der Waals surface area contributed by atoms with Gasteiger partial charge in [0.05, 0.1) is 11.9 Å². The molecule has 1 atom stereocenters. The molecule has 100 valence electrons. The molecule has 0 saturated carbocycles. The zero-order chi connectivity index (χ0) is 13.3. The predicted octanol–water partition coefficient (Wildman–Crippen LogP) is 0.708. The Morgan fingerprint density at radius 1 is 1.56 bits per heavy atom. The Morgan fingerprint density at radius 3 is 2.83 bits per heavy atom. The molecule has 1 saturated heterocycles. The largest absolute Gasteiger partial charge is 0.299 e. The van der Waals surface area contributed by atoms with Gasteiger partial charge in [0.15, 0.2) is 0 Å². The molecular formula is C11H17N3O3S. The standard InChI is InChI=1S/C11H17N3O3S/c1-3-9-7-14(5-4-10(9)15)18(16,17)11-6-12-13-8(11)2/h6,9H,3-5,7H2,1-2H3,(H,12,13). The smallest absolute Gasteiger partial charge is 0.246 e. The summed E-state index contributed by atoms with van der Waals surface area (Å²) in [5.41, 5.74) is 0.528. The van der Waals surface area contributed by atoms with Gasteiger partial charge in [-0.05, 0) is 13.3 Å². The fraction of sp³-hybridized carbons (Fsp3) is 0.636. The highest BCUT2D eigenvalue weighted by molar-refractivity contribution is 7.89. The molecule has 1 aromatic heterocycles. The number of rotatable bonds is 3. The number of hydrogen-bond acceptors (Lipinski definition) is 4. The van der Waals surface area contributed by atoms with E-state index in [1.54, 1.807) is 6.92 Å². The van der Waals surface area contributed by atoms with Crippen LogP contribution in [0.1, 0.15) is 25.5 Å². The van der Waals surface area contributed by atoms with Gasteiger partial charge in [0.25, 0.3) is 0 Å². The summed E-state index contributed by atoms with van der Waals surface area (Å²) in [5, 5.41) is 6.36. The van der Waals surface area contributed by atoms with E-state index in [1.165, 1.54) is 10.5 Å². The third kappa shape index (κ3) is 2.20. The number of H-pyrrole nitrogens is 1. The normalized spacial score (nSPS) is 22.3. The molecule has 1 aromatic rings. The summed E-state index contributed by atoms with van der Waals surface area (Å²) in [7, 11) is -3.53. The van der Waals surface area contributed by atoms with E-state index in [9.17, 15) is 13.2 Å². The molecule has 1 aliphatic heterocycles. The third-order valence-electron chi connectivity index (χ3n) is 3.38. The topological polar surface area (TPSA) is 83.1 Å². The highest BCUT2D eigenvalue weighted by atomic mass is 32.2. The van der Waals surface area contributed by atoms with Crippen LogP contribution in [0.5, 0.6) is 0 Å². The number of carbonyl (C=O) groups is 1. The van der Waals surface area contributed by atoms with Crippen LogP contribution in [0.15, 0.2) is 11.1 Å². The lowest BCUT2D eigenvalue weighted by atomic mass is 9.96. The summed E-state index contributed by atoms with van der Waals surface area (Å²) in [5.74, 6) is -0.0198. The first-order chi connectivity index (χ1) is 8.46. The minimum atomic E-state index is -3.53. The number of Topliss-reactive ketones (excluding diaryl/α,β-unsaturated/α-hetero) is 1. The van der Waals surface area contributed by atoms with Crippen molar-refractivity contribution in [2.24, 2.45) is 5.92 Å². The van der Waals surface area contributed by atoms with Gasteiger partial charge in [-0.15, -0.1) is 0 Å². The molecule has 7 heteroatoms. The Kier molecular flexibility index (Phi) is 3.54.